The van der Waals surface area contributed by atoms with Gasteiger partial charge in [0.05, 0.1) is 7.11 Å². The van der Waals surface area contributed by atoms with Crippen LogP contribution in [0, 0.1) is 0 Å². The van der Waals surface area contributed by atoms with Gasteiger partial charge in [-0.05, 0) is 24.3 Å². The Balaban J connectivity index is 1.42. The topological polar surface area (TPSA) is 79.3 Å². The van der Waals surface area contributed by atoms with E-state index in [4.69, 9.17) is 4.74 Å². The summed E-state index contributed by atoms with van der Waals surface area (Å²) in [6, 6.07) is 11.5. The van der Waals surface area contributed by atoms with E-state index in [9.17, 15) is 0 Å². The third-order valence-electron chi connectivity index (χ3n) is 4.41. The van der Waals surface area contributed by atoms with Crippen molar-refractivity contribution in [3.8, 4) is 5.75 Å². The van der Waals surface area contributed by atoms with Gasteiger partial charge in [-0.3, -0.25) is 0 Å². The molecular formula is C19H21N7O. The molecule has 0 saturated carbocycles. The molecule has 0 spiro atoms. The van der Waals surface area contributed by atoms with Gasteiger partial charge in [-0.25, -0.2) is 15.0 Å². The van der Waals surface area contributed by atoms with Crippen LogP contribution in [0.25, 0.3) is 0 Å². The average molecular weight is 363 g/mol. The summed E-state index contributed by atoms with van der Waals surface area (Å²) in [6.07, 6.45) is 5.32. The van der Waals surface area contributed by atoms with Gasteiger partial charge < -0.3 is 19.9 Å². The molecule has 138 valence electrons. The van der Waals surface area contributed by atoms with Crippen LogP contribution in [0.15, 0.2) is 55.0 Å². The number of aromatic nitrogens is 4. The minimum Gasteiger partial charge on any atom is -0.497 e. The highest BCUT2D eigenvalue weighted by Gasteiger charge is 2.20. The van der Waals surface area contributed by atoms with E-state index >= 15 is 0 Å². The van der Waals surface area contributed by atoms with Crippen LogP contribution in [0.1, 0.15) is 0 Å². The number of hydrogen-bond donors (Lipinski definition) is 1. The Morgan fingerprint density at radius 1 is 0.889 bits per heavy atom. The largest absolute Gasteiger partial charge is 0.497 e. The molecule has 1 fully saturated rings. The van der Waals surface area contributed by atoms with E-state index < -0.39 is 0 Å². The summed E-state index contributed by atoms with van der Waals surface area (Å²) in [5.41, 5.74) is 0.887. The van der Waals surface area contributed by atoms with E-state index in [1.807, 2.05) is 36.4 Å². The van der Waals surface area contributed by atoms with E-state index in [-0.39, 0.29) is 0 Å². The van der Waals surface area contributed by atoms with Crippen molar-refractivity contribution in [3.05, 3.63) is 55.0 Å². The maximum atomic E-state index is 5.25. The van der Waals surface area contributed by atoms with Crippen LogP contribution in [0.4, 0.5) is 23.4 Å². The zero-order valence-corrected chi connectivity index (χ0v) is 15.1. The Bertz CT molecular complexity index is 882. The van der Waals surface area contributed by atoms with Gasteiger partial charge in [0.1, 0.15) is 11.6 Å². The third kappa shape index (κ3) is 4.05. The number of rotatable bonds is 5. The van der Waals surface area contributed by atoms with Gasteiger partial charge >= 0.3 is 0 Å². The second-order valence-corrected chi connectivity index (χ2v) is 6.12. The Morgan fingerprint density at radius 2 is 1.67 bits per heavy atom. The predicted molar refractivity (Wildman–Crippen MR) is 105 cm³/mol. The quantitative estimate of drug-likeness (QED) is 0.740. The number of nitrogens with one attached hydrogen (secondary N) is 1. The van der Waals surface area contributed by atoms with Gasteiger partial charge in [0.25, 0.3) is 0 Å². The van der Waals surface area contributed by atoms with Crippen LogP contribution in [-0.2, 0) is 0 Å². The first kappa shape index (κ1) is 17.0. The molecule has 0 aliphatic carbocycles. The SMILES string of the molecule is COc1cccc(Nc2nccc(N3CCN(c4ncccn4)CC3)n2)c1. The molecule has 0 unspecified atom stereocenters. The van der Waals surface area contributed by atoms with Crippen molar-refractivity contribution >= 4 is 23.4 Å². The molecule has 0 bridgehead atoms. The Hall–Kier alpha value is -3.42. The molecule has 1 N–H and O–H groups in total. The number of anilines is 4. The van der Waals surface area contributed by atoms with Crippen molar-refractivity contribution in [2.75, 3.05) is 48.4 Å². The van der Waals surface area contributed by atoms with Crippen LogP contribution < -0.4 is 19.9 Å². The third-order valence-corrected chi connectivity index (χ3v) is 4.41. The number of ether oxygens (including phenoxy) is 1. The standard InChI is InChI=1S/C19H21N7O/c1-27-16-5-2-4-15(14-16)23-18-20-9-6-17(24-18)25-10-12-26(13-11-25)19-21-7-3-8-22-19/h2-9,14H,10-13H2,1H3,(H,20,23,24). The van der Waals surface area contributed by atoms with Crippen LogP contribution >= 0.6 is 0 Å². The Morgan fingerprint density at radius 3 is 2.44 bits per heavy atom. The van der Waals surface area contributed by atoms with E-state index in [1.54, 1.807) is 25.7 Å². The maximum absolute atomic E-state index is 5.25. The normalized spacial score (nSPS) is 14.1. The highest BCUT2D eigenvalue weighted by Crippen LogP contribution is 2.21. The second kappa shape index (κ2) is 7.86. The molecule has 1 aliphatic rings. The molecule has 3 aromatic rings. The Labute approximate surface area is 157 Å². The van der Waals surface area contributed by atoms with E-state index in [0.29, 0.717) is 5.95 Å². The van der Waals surface area contributed by atoms with E-state index in [1.165, 1.54) is 0 Å². The lowest BCUT2D eigenvalue weighted by Gasteiger charge is -2.35. The van der Waals surface area contributed by atoms with E-state index in [0.717, 1.165) is 49.4 Å². The second-order valence-electron chi connectivity index (χ2n) is 6.12. The summed E-state index contributed by atoms with van der Waals surface area (Å²) in [5, 5.41) is 3.23. The fourth-order valence-electron chi connectivity index (χ4n) is 3.01. The molecule has 0 amide bonds. The maximum Gasteiger partial charge on any atom is 0.229 e. The van der Waals surface area contributed by atoms with Crippen molar-refractivity contribution in [2.24, 2.45) is 0 Å². The zero-order valence-electron chi connectivity index (χ0n) is 15.1. The zero-order chi connectivity index (χ0) is 18.5. The minimum atomic E-state index is 0.564. The van der Waals surface area contributed by atoms with Gasteiger partial charge in [0.15, 0.2) is 0 Å². The first-order valence-electron chi connectivity index (χ1n) is 8.83. The number of benzene rings is 1. The van der Waals surface area contributed by atoms with E-state index in [2.05, 4.69) is 35.1 Å². The van der Waals surface area contributed by atoms with Crippen molar-refractivity contribution in [3.63, 3.8) is 0 Å². The molecule has 0 radical (unpaired) electrons. The lowest BCUT2D eigenvalue weighted by molar-refractivity contribution is 0.415. The van der Waals surface area contributed by atoms with Crippen LogP contribution in [0.5, 0.6) is 5.75 Å². The summed E-state index contributed by atoms with van der Waals surface area (Å²) in [7, 11) is 1.65. The number of hydrogen-bond acceptors (Lipinski definition) is 8. The first-order chi connectivity index (χ1) is 13.3. The van der Waals surface area contributed by atoms with Gasteiger partial charge in [0, 0.05) is 56.5 Å². The molecule has 8 nitrogen and oxygen atoms in total. The summed E-state index contributed by atoms with van der Waals surface area (Å²) in [4.78, 5) is 22.1. The lowest BCUT2D eigenvalue weighted by atomic mass is 10.3. The molecule has 1 aliphatic heterocycles. The number of nitrogens with zero attached hydrogens (tertiary/aromatic N) is 6. The summed E-state index contributed by atoms with van der Waals surface area (Å²) < 4.78 is 5.25. The lowest BCUT2D eigenvalue weighted by Crippen LogP contribution is -2.47. The molecular weight excluding hydrogens is 342 g/mol. The van der Waals surface area contributed by atoms with Crippen LogP contribution in [0.3, 0.4) is 0 Å². The predicted octanol–water partition coefficient (Wildman–Crippen LogP) is 2.35. The van der Waals surface area contributed by atoms with Crippen LogP contribution in [-0.4, -0.2) is 53.2 Å². The number of methoxy groups -OCH3 is 1. The van der Waals surface area contributed by atoms with Gasteiger partial charge in [-0.15, -0.1) is 0 Å². The molecule has 1 saturated heterocycles. The highest BCUT2D eigenvalue weighted by molar-refractivity contribution is 5.57. The fourth-order valence-corrected chi connectivity index (χ4v) is 3.01. The van der Waals surface area contributed by atoms with Crippen molar-refractivity contribution < 1.29 is 4.74 Å². The molecule has 4 rings (SSSR count). The molecule has 0 atom stereocenters. The molecule has 8 heteroatoms. The summed E-state index contributed by atoms with van der Waals surface area (Å²) in [6.45, 7) is 3.42. The first-order valence-corrected chi connectivity index (χ1v) is 8.83. The average Bonchev–Trinajstić information content (AvgIpc) is 2.75. The van der Waals surface area contributed by atoms with Crippen molar-refractivity contribution in [1.29, 1.82) is 0 Å². The summed E-state index contributed by atoms with van der Waals surface area (Å²) in [5.74, 6) is 3.04. The van der Waals surface area contributed by atoms with Gasteiger partial charge in [-0.2, -0.15) is 4.98 Å². The highest BCUT2D eigenvalue weighted by atomic mass is 16.5. The fraction of sp³-hybridized carbons (Fsp3) is 0.263. The molecule has 2 aromatic heterocycles. The molecule has 27 heavy (non-hydrogen) atoms. The summed E-state index contributed by atoms with van der Waals surface area (Å²) >= 11 is 0. The van der Waals surface area contributed by atoms with Gasteiger partial charge in [-0.1, -0.05) is 6.07 Å². The molecule has 1 aromatic carbocycles. The minimum absolute atomic E-state index is 0.564. The molecule has 3 heterocycles. The van der Waals surface area contributed by atoms with Crippen molar-refractivity contribution in [1.82, 2.24) is 19.9 Å². The van der Waals surface area contributed by atoms with Gasteiger partial charge in [0.2, 0.25) is 11.9 Å². The van der Waals surface area contributed by atoms with Crippen molar-refractivity contribution in [2.45, 2.75) is 0 Å². The smallest absolute Gasteiger partial charge is 0.229 e. The monoisotopic (exact) mass is 363 g/mol. The number of piperazine rings is 1. The van der Waals surface area contributed by atoms with Crippen LogP contribution in [0.2, 0.25) is 0 Å². The Kier molecular flexibility index (Phi) is 4.95.